The molecule has 0 atom stereocenters. The van der Waals surface area contributed by atoms with Gasteiger partial charge in [-0.25, -0.2) is 0 Å². The third-order valence-electron chi connectivity index (χ3n) is 25.8. The first-order valence-electron chi connectivity index (χ1n) is 41.5. The van der Waals surface area contributed by atoms with E-state index in [-0.39, 0.29) is 17.5 Å². The van der Waals surface area contributed by atoms with Crippen LogP contribution in [0.4, 0.5) is 34.1 Å². The second-order valence-electron chi connectivity index (χ2n) is 34.3. The van der Waals surface area contributed by atoms with Gasteiger partial charge in [0.25, 0.3) is 6.71 Å². The summed E-state index contributed by atoms with van der Waals surface area (Å²) in [5.41, 5.74) is 23.0. The van der Waals surface area contributed by atoms with E-state index in [2.05, 4.69) is 478 Å². The number of hydrogen-bond donors (Lipinski definition) is 0. The molecule has 20 aromatic rings. The molecule has 5 nitrogen and oxygen atoms in total. The Balaban J connectivity index is 0.898. The summed E-state index contributed by atoms with van der Waals surface area (Å²) in [4.78, 5) is 5.36. The minimum atomic E-state index is -3.15. The number of nitrogens with zero attached hydrogens (tertiary/aromatic N) is 5. The van der Waals surface area contributed by atoms with Gasteiger partial charge in [0.15, 0.2) is 16.1 Å². The number of benzene rings is 17. The van der Waals surface area contributed by atoms with Crippen LogP contribution in [0.3, 0.4) is 0 Å². The number of fused-ring (bicyclic) bond motifs is 13. The van der Waals surface area contributed by atoms with Crippen LogP contribution in [0.1, 0.15) is 52.7 Å². The molecule has 5 heterocycles. The van der Waals surface area contributed by atoms with Crippen molar-refractivity contribution in [2.75, 3.05) is 9.80 Å². The molecule has 0 spiro atoms. The summed E-state index contributed by atoms with van der Waals surface area (Å²) in [6.07, 6.45) is 0. The molecular weight excluding hydrogens is 1460 g/mol. The molecule has 562 valence electrons. The predicted octanol–water partition coefficient (Wildman–Crippen LogP) is 20.4. The van der Waals surface area contributed by atoms with Gasteiger partial charge in [0.2, 0.25) is 0 Å². The molecule has 2 aliphatic heterocycles. The maximum absolute atomic E-state index is 3.15. The lowest BCUT2D eigenvalue weighted by atomic mass is 9.33. The van der Waals surface area contributed by atoms with E-state index in [9.17, 15) is 0 Å². The summed E-state index contributed by atoms with van der Waals surface area (Å²) in [5, 5.41) is 17.9. The Kier molecular flexibility index (Phi) is 16.5. The molecule has 0 unspecified atom stereocenters. The minimum Gasteiger partial charge on any atom is -0.311 e. The lowest BCUT2D eigenvalue weighted by Gasteiger charge is -2.45. The Morgan fingerprint density at radius 3 is 0.797 bits per heavy atom. The van der Waals surface area contributed by atoms with Crippen LogP contribution in [0.5, 0.6) is 0 Å². The third kappa shape index (κ3) is 10.9. The normalized spacial score (nSPS) is 12.9. The summed E-state index contributed by atoms with van der Waals surface area (Å²) in [7, 11) is -6.30. The van der Waals surface area contributed by atoms with Crippen molar-refractivity contribution in [1.82, 2.24) is 13.7 Å². The molecule has 22 rings (SSSR count). The predicted molar refractivity (Wildman–Crippen MR) is 508 cm³/mol. The lowest BCUT2D eigenvalue weighted by molar-refractivity contribution is 0.590. The van der Waals surface area contributed by atoms with Crippen molar-refractivity contribution in [3.8, 4) is 17.1 Å². The summed E-state index contributed by atoms with van der Waals surface area (Å²) in [5.74, 6) is 0. The smallest absolute Gasteiger partial charge is 0.252 e. The number of para-hydroxylation sites is 4. The van der Waals surface area contributed by atoms with Crippen LogP contribution in [-0.2, 0) is 10.8 Å². The second kappa shape index (κ2) is 27.5. The first-order chi connectivity index (χ1) is 57.8. The van der Waals surface area contributed by atoms with Gasteiger partial charge in [0.1, 0.15) is 0 Å². The van der Waals surface area contributed by atoms with E-state index in [1.807, 2.05) is 0 Å². The summed E-state index contributed by atoms with van der Waals surface area (Å²) >= 11 is 0. The zero-order chi connectivity index (χ0) is 79.2. The topological polar surface area (TPSA) is 21.3 Å². The van der Waals surface area contributed by atoms with E-state index in [1.54, 1.807) is 0 Å². The average molecular weight is 1540 g/mol. The molecule has 0 aliphatic carbocycles. The van der Waals surface area contributed by atoms with E-state index < -0.39 is 16.1 Å². The van der Waals surface area contributed by atoms with Crippen LogP contribution < -0.4 is 67.7 Å². The number of hydrogen-bond acceptors (Lipinski definition) is 2. The quantitative estimate of drug-likeness (QED) is 0.0847. The lowest BCUT2D eigenvalue weighted by Crippen LogP contribution is -2.74. The van der Waals surface area contributed by atoms with E-state index in [4.69, 9.17) is 0 Å². The second-order valence-corrected chi connectivity index (χ2v) is 41.9. The van der Waals surface area contributed by atoms with Gasteiger partial charge in [-0.15, -0.1) is 0 Å². The van der Waals surface area contributed by atoms with Crippen molar-refractivity contribution in [2.24, 2.45) is 0 Å². The number of rotatable bonds is 13. The largest absolute Gasteiger partial charge is 0.311 e. The molecule has 0 N–H and O–H groups in total. The molecular formula is C110H86BN5Si2. The van der Waals surface area contributed by atoms with Gasteiger partial charge in [0.05, 0.1) is 38.8 Å². The highest BCUT2D eigenvalue weighted by Gasteiger charge is 2.48. The Morgan fingerprint density at radius 2 is 0.483 bits per heavy atom. The van der Waals surface area contributed by atoms with Crippen LogP contribution >= 0.6 is 0 Å². The van der Waals surface area contributed by atoms with Gasteiger partial charge in [0, 0.05) is 77.8 Å². The maximum Gasteiger partial charge on any atom is 0.252 e. The van der Waals surface area contributed by atoms with Crippen molar-refractivity contribution in [3.63, 3.8) is 0 Å². The van der Waals surface area contributed by atoms with Crippen LogP contribution in [0.15, 0.2) is 413 Å². The SMILES string of the molecule is CC(C)(C)c1ccc2c(c1)c1cc(C(C)(C)C)ccc1n2-c1ccc2c(c1)B1c3cc(-n4c5ccccc5c5ccccc54)ccc3N(c3cccc([Si](c4ccccc4)(c4ccccc4)c4ccccc4)c3)c3cc(-n4c5ccccc5c5ccccc54)cc(c31)N2c1cccc([Si](c2ccccc2)(c2ccccc2)c2ccccc2)c1. The van der Waals surface area contributed by atoms with Crippen molar-refractivity contribution in [2.45, 2.75) is 52.4 Å². The fraction of sp³-hybridized carbons (Fsp3) is 0.0727. The summed E-state index contributed by atoms with van der Waals surface area (Å²) in [6, 6.07) is 159. The van der Waals surface area contributed by atoms with Gasteiger partial charge in [-0.2, -0.15) is 0 Å². The minimum absolute atomic E-state index is 0.0762. The highest BCUT2D eigenvalue weighted by molar-refractivity contribution is 7.20. The molecule has 17 aromatic carbocycles. The van der Waals surface area contributed by atoms with Crippen molar-refractivity contribution >= 4 is 180 Å². The zero-order valence-electron chi connectivity index (χ0n) is 67.1. The van der Waals surface area contributed by atoms with E-state index >= 15 is 0 Å². The Bertz CT molecular complexity index is 6960. The number of anilines is 6. The molecule has 118 heavy (non-hydrogen) atoms. The Morgan fingerprint density at radius 1 is 0.203 bits per heavy atom. The fourth-order valence-corrected chi connectivity index (χ4v) is 30.0. The zero-order valence-corrected chi connectivity index (χ0v) is 69.1. The van der Waals surface area contributed by atoms with Crippen LogP contribution in [0, 0.1) is 0 Å². The van der Waals surface area contributed by atoms with Crippen LogP contribution in [0.25, 0.3) is 82.5 Å². The van der Waals surface area contributed by atoms with Gasteiger partial charge >= 0.3 is 0 Å². The highest BCUT2D eigenvalue weighted by Crippen LogP contribution is 2.49. The summed E-state index contributed by atoms with van der Waals surface area (Å²) in [6.45, 7) is 13.7. The monoisotopic (exact) mass is 1540 g/mol. The molecule has 2 aliphatic rings. The van der Waals surface area contributed by atoms with Crippen molar-refractivity contribution < 1.29 is 0 Å². The van der Waals surface area contributed by atoms with E-state index in [0.29, 0.717) is 0 Å². The van der Waals surface area contributed by atoms with Crippen LogP contribution in [-0.4, -0.2) is 36.6 Å². The molecule has 0 saturated heterocycles. The number of aromatic nitrogens is 3. The molecule has 8 heteroatoms. The maximum atomic E-state index is 2.68. The van der Waals surface area contributed by atoms with Gasteiger partial charge in [-0.1, -0.05) is 333 Å². The van der Waals surface area contributed by atoms with Gasteiger partial charge in [-0.3, -0.25) is 0 Å². The molecule has 0 fully saturated rings. The highest BCUT2D eigenvalue weighted by atomic mass is 28.3. The fourth-order valence-electron chi connectivity index (χ4n) is 20.5. The Labute approximate surface area is 692 Å². The molecule has 3 aromatic heterocycles. The van der Waals surface area contributed by atoms with Crippen molar-refractivity contribution in [3.05, 3.63) is 424 Å². The van der Waals surface area contributed by atoms with Gasteiger partial charge < -0.3 is 23.5 Å². The average Bonchev–Trinajstić information content (AvgIpc) is 0.891. The first-order valence-corrected chi connectivity index (χ1v) is 45.5. The molecule has 0 saturated carbocycles. The van der Waals surface area contributed by atoms with E-state index in [0.717, 1.165) is 62.2 Å². The molecule has 0 radical (unpaired) electrons. The first kappa shape index (κ1) is 70.8. The molecule has 0 bridgehead atoms. The third-order valence-corrected chi connectivity index (χ3v) is 35.3. The van der Waals surface area contributed by atoms with Crippen LogP contribution in [0.2, 0.25) is 0 Å². The summed E-state index contributed by atoms with van der Waals surface area (Å²) < 4.78 is 7.65. The van der Waals surface area contributed by atoms with Gasteiger partial charge in [-0.05, 0) is 201 Å². The van der Waals surface area contributed by atoms with E-state index in [1.165, 1.54) is 123 Å². The standard InChI is InChI=1S/C110H86BN5Si2/c1-109(2,3)75-59-63-102-94(67-75)95-68-76(110(4,5)6)60-64-103(95)113(102)80-62-66-105-97(72-80)111-96-71-79(112-98-55-29-25-51-90(98)91-52-26-30-56-99(91)112)61-65-104(96)114(77-35-33-49-88(69-77)117(82-37-13-7-14-38-82,83-39-15-8-16-40-83)84-41-17-9-18-42-84)106-73-81(116-100-57-31-27-53-92(100)93-54-28-32-58-101(93)116)74-107(108(106)111)115(105)78-36-34-50-89(70-78)118(85-43-19-10-20-44-85,86-45-21-11-22-46-86)87-47-23-12-24-48-87/h7-74H,1-6H3. The van der Waals surface area contributed by atoms with Crippen molar-refractivity contribution in [1.29, 1.82) is 0 Å². The molecule has 0 amide bonds. The Hall–Kier alpha value is -13.8.